The summed E-state index contributed by atoms with van der Waals surface area (Å²) in [6.45, 7) is 11.5. The van der Waals surface area contributed by atoms with E-state index in [9.17, 15) is 0 Å². The van der Waals surface area contributed by atoms with Crippen LogP contribution in [0.5, 0.6) is 0 Å². The minimum absolute atomic E-state index is 0.0468. The lowest BCUT2D eigenvalue weighted by atomic mass is 9.84. The maximum Gasteiger partial charge on any atom is 0.0701 e. The van der Waals surface area contributed by atoms with Crippen LogP contribution in [0.25, 0.3) is 0 Å². The number of nitrogens with zero attached hydrogens (tertiary/aromatic N) is 2. The summed E-state index contributed by atoms with van der Waals surface area (Å²) in [5.74, 6) is 0. The van der Waals surface area contributed by atoms with Crippen LogP contribution in [0.1, 0.15) is 19.4 Å². The number of aliphatic hydroxyl groups is 1. The van der Waals surface area contributed by atoms with E-state index in [0.29, 0.717) is 33.0 Å². The first-order valence-corrected chi connectivity index (χ1v) is 8.39. The molecule has 1 aliphatic heterocycles. The van der Waals surface area contributed by atoms with Crippen LogP contribution in [-0.4, -0.2) is 57.9 Å². The van der Waals surface area contributed by atoms with E-state index in [0.717, 1.165) is 6.54 Å². The van der Waals surface area contributed by atoms with E-state index in [-0.39, 0.29) is 12.0 Å². The summed E-state index contributed by atoms with van der Waals surface area (Å²) < 4.78 is 10.9. The van der Waals surface area contributed by atoms with Gasteiger partial charge in [0.1, 0.15) is 0 Å². The zero-order valence-corrected chi connectivity index (χ0v) is 14.7. The molecule has 24 heavy (non-hydrogen) atoms. The van der Waals surface area contributed by atoms with Gasteiger partial charge in [0.15, 0.2) is 0 Å². The van der Waals surface area contributed by atoms with Gasteiger partial charge < -0.3 is 19.5 Å². The Labute approximate surface area is 144 Å². The molecule has 1 N–H and O–H groups in total. The van der Waals surface area contributed by atoms with Crippen LogP contribution in [0.15, 0.2) is 41.0 Å². The Bertz CT molecular complexity index is 569. The molecule has 2 rings (SSSR count). The van der Waals surface area contributed by atoms with Gasteiger partial charge in [-0.2, -0.15) is 0 Å². The van der Waals surface area contributed by atoms with E-state index in [1.807, 2.05) is 0 Å². The maximum atomic E-state index is 8.66. The third-order valence-electron chi connectivity index (χ3n) is 4.28. The molecule has 0 amide bonds. The Morgan fingerprint density at radius 2 is 1.88 bits per heavy atom. The first kappa shape index (κ1) is 18.6. The highest BCUT2D eigenvalue weighted by Gasteiger charge is 2.39. The fraction of sp³-hybridized carbons (Fsp3) is 0.526. The number of ether oxygens (including phenoxy) is 2. The predicted octanol–water partition coefficient (Wildman–Crippen LogP) is 2.39. The summed E-state index contributed by atoms with van der Waals surface area (Å²) >= 11 is 0. The van der Waals surface area contributed by atoms with E-state index >= 15 is 0 Å². The Morgan fingerprint density at radius 1 is 1.17 bits per heavy atom. The van der Waals surface area contributed by atoms with E-state index in [4.69, 9.17) is 14.6 Å². The van der Waals surface area contributed by atoms with Gasteiger partial charge in [0, 0.05) is 23.3 Å². The molecule has 0 aliphatic carbocycles. The standard InChI is InChI=1S/C19H28N2O3/c1-19(2)16-6-4-5-7-17(16)21(18(19)8-9-20-3)10-12-23-14-15-24-13-11-22/h4-8,22H,3,9-15H2,1-2H3/b18-8+. The van der Waals surface area contributed by atoms with Crippen molar-refractivity contribution in [1.82, 2.24) is 0 Å². The summed E-state index contributed by atoms with van der Waals surface area (Å²) in [6.07, 6.45) is 2.15. The minimum atomic E-state index is -0.0501. The van der Waals surface area contributed by atoms with Crippen molar-refractivity contribution in [3.63, 3.8) is 0 Å². The molecule has 1 heterocycles. The van der Waals surface area contributed by atoms with Crippen LogP contribution >= 0.6 is 0 Å². The zero-order valence-electron chi connectivity index (χ0n) is 14.7. The molecule has 0 radical (unpaired) electrons. The minimum Gasteiger partial charge on any atom is -0.394 e. The molecule has 1 aliphatic rings. The number of fused-ring (bicyclic) bond motifs is 1. The van der Waals surface area contributed by atoms with Crippen molar-refractivity contribution in [2.24, 2.45) is 4.99 Å². The van der Waals surface area contributed by atoms with Crippen molar-refractivity contribution in [2.75, 3.05) is 51.0 Å². The van der Waals surface area contributed by atoms with Crippen LogP contribution in [0.4, 0.5) is 5.69 Å². The van der Waals surface area contributed by atoms with Crippen molar-refractivity contribution in [3.05, 3.63) is 41.6 Å². The van der Waals surface area contributed by atoms with Gasteiger partial charge in [-0.25, -0.2) is 0 Å². The van der Waals surface area contributed by atoms with Crippen molar-refractivity contribution in [2.45, 2.75) is 19.3 Å². The summed E-state index contributed by atoms with van der Waals surface area (Å²) in [5.41, 5.74) is 3.76. The number of aliphatic imine (C=N–C) groups is 1. The van der Waals surface area contributed by atoms with Crippen molar-refractivity contribution in [1.29, 1.82) is 0 Å². The topological polar surface area (TPSA) is 54.3 Å². The number of rotatable bonds is 10. The van der Waals surface area contributed by atoms with E-state index < -0.39 is 0 Å². The number of anilines is 1. The third kappa shape index (κ3) is 4.23. The molecule has 5 nitrogen and oxygen atoms in total. The number of benzene rings is 1. The van der Waals surface area contributed by atoms with Gasteiger partial charge >= 0.3 is 0 Å². The molecule has 0 fully saturated rings. The number of hydrogen-bond donors (Lipinski definition) is 1. The zero-order chi connectivity index (χ0) is 17.4. The van der Waals surface area contributed by atoms with Crippen LogP contribution in [0.3, 0.4) is 0 Å². The summed E-state index contributed by atoms with van der Waals surface area (Å²) in [5, 5.41) is 8.66. The molecule has 0 saturated carbocycles. The van der Waals surface area contributed by atoms with Crippen molar-refractivity contribution >= 4 is 12.4 Å². The Morgan fingerprint density at radius 3 is 2.58 bits per heavy atom. The summed E-state index contributed by atoms with van der Waals surface area (Å²) in [7, 11) is 0. The monoisotopic (exact) mass is 332 g/mol. The van der Waals surface area contributed by atoms with Gasteiger partial charge in [-0.3, -0.25) is 4.99 Å². The second kappa shape index (κ2) is 8.97. The molecule has 0 unspecified atom stereocenters. The van der Waals surface area contributed by atoms with Gasteiger partial charge in [-0.1, -0.05) is 32.0 Å². The molecule has 0 saturated heterocycles. The van der Waals surface area contributed by atoms with Gasteiger partial charge in [-0.05, 0) is 24.4 Å². The molecule has 0 bridgehead atoms. The first-order chi connectivity index (χ1) is 11.6. The van der Waals surface area contributed by atoms with E-state index in [2.05, 4.69) is 60.8 Å². The second-order valence-corrected chi connectivity index (χ2v) is 6.24. The predicted molar refractivity (Wildman–Crippen MR) is 98.0 cm³/mol. The summed E-state index contributed by atoms with van der Waals surface area (Å²) in [6, 6.07) is 8.50. The average Bonchev–Trinajstić information content (AvgIpc) is 2.80. The lowest BCUT2D eigenvalue weighted by Gasteiger charge is -2.27. The largest absolute Gasteiger partial charge is 0.394 e. The SMILES string of the molecule is C=NC/C=C1/N(CCOCCOCCO)c2ccccc2C1(C)C. The lowest BCUT2D eigenvalue weighted by Crippen LogP contribution is -2.29. The van der Waals surface area contributed by atoms with Crippen LogP contribution in [0, 0.1) is 0 Å². The molecule has 132 valence electrons. The van der Waals surface area contributed by atoms with Gasteiger partial charge in [-0.15, -0.1) is 0 Å². The average molecular weight is 332 g/mol. The molecular formula is C19H28N2O3. The van der Waals surface area contributed by atoms with Crippen LogP contribution in [-0.2, 0) is 14.9 Å². The molecule has 0 spiro atoms. The molecule has 5 heteroatoms. The molecule has 0 atom stereocenters. The van der Waals surface area contributed by atoms with Crippen LogP contribution < -0.4 is 4.90 Å². The molecule has 1 aromatic carbocycles. The molecule has 0 aromatic heterocycles. The maximum absolute atomic E-state index is 8.66. The number of allylic oxidation sites excluding steroid dienone is 1. The smallest absolute Gasteiger partial charge is 0.0701 e. The van der Waals surface area contributed by atoms with Gasteiger partial charge in [0.2, 0.25) is 0 Å². The van der Waals surface area contributed by atoms with E-state index in [1.54, 1.807) is 0 Å². The summed E-state index contributed by atoms with van der Waals surface area (Å²) in [4.78, 5) is 6.29. The number of para-hydroxylation sites is 1. The first-order valence-electron chi connectivity index (χ1n) is 8.39. The normalized spacial score (nSPS) is 17.3. The highest BCUT2D eigenvalue weighted by Crippen LogP contribution is 2.47. The van der Waals surface area contributed by atoms with Gasteiger partial charge in [0.25, 0.3) is 0 Å². The van der Waals surface area contributed by atoms with Crippen LogP contribution in [0.2, 0.25) is 0 Å². The lowest BCUT2D eigenvalue weighted by molar-refractivity contribution is 0.0353. The van der Waals surface area contributed by atoms with Crippen molar-refractivity contribution in [3.8, 4) is 0 Å². The molecule has 1 aromatic rings. The Kier molecular flexibility index (Phi) is 6.97. The molecular weight excluding hydrogens is 304 g/mol. The third-order valence-corrected chi connectivity index (χ3v) is 4.28. The highest BCUT2D eigenvalue weighted by atomic mass is 16.5. The fourth-order valence-electron chi connectivity index (χ4n) is 3.14. The van der Waals surface area contributed by atoms with Crippen molar-refractivity contribution < 1.29 is 14.6 Å². The fourth-order valence-corrected chi connectivity index (χ4v) is 3.14. The Balaban J connectivity index is 2.01. The second-order valence-electron chi connectivity index (χ2n) is 6.24. The Hall–Kier alpha value is -1.69. The number of hydrogen-bond acceptors (Lipinski definition) is 5. The van der Waals surface area contributed by atoms with Gasteiger partial charge in [0.05, 0.1) is 39.6 Å². The highest BCUT2D eigenvalue weighted by molar-refractivity contribution is 5.70. The number of aliphatic hydroxyl groups excluding tert-OH is 1. The quantitative estimate of drug-likeness (QED) is 0.528. The van der Waals surface area contributed by atoms with E-state index in [1.165, 1.54) is 16.9 Å².